The number of hydrogen-bond donors (Lipinski definition) is 1. The van der Waals surface area contributed by atoms with Crippen LogP contribution in [0.3, 0.4) is 0 Å². The quantitative estimate of drug-likeness (QED) is 0.549. The highest BCUT2D eigenvalue weighted by Crippen LogP contribution is 2.06. The van der Waals surface area contributed by atoms with Crippen molar-refractivity contribution in [1.29, 1.82) is 5.26 Å². The molecular formula is C9H9N3O2. The van der Waals surface area contributed by atoms with Crippen LogP contribution in [0, 0.1) is 18.3 Å². The molecule has 0 fully saturated rings. The lowest BCUT2D eigenvalue weighted by Crippen LogP contribution is -2.19. The van der Waals surface area contributed by atoms with Crippen LogP contribution < -0.4 is 5.32 Å². The number of amides is 1. The third kappa shape index (κ3) is 2.20. The van der Waals surface area contributed by atoms with Gasteiger partial charge in [-0.3, -0.25) is 4.79 Å². The minimum absolute atomic E-state index is 0.0330. The maximum Gasteiger partial charge on any atom is 0.261 e. The second-order valence-electron chi connectivity index (χ2n) is 2.58. The zero-order valence-corrected chi connectivity index (χ0v) is 7.87. The van der Waals surface area contributed by atoms with Crippen molar-refractivity contribution >= 4 is 12.0 Å². The Morgan fingerprint density at radius 2 is 2.50 bits per heavy atom. The Morgan fingerprint density at radius 1 is 1.79 bits per heavy atom. The normalized spacial score (nSPS) is 10.8. The monoisotopic (exact) mass is 191 g/mol. The second kappa shape index (κ2) is 4.23. The summed E-state index contributed by atoms with van der Waals surface area (Å²) in [5.74, 6) is -0.203. The highest BCUT2D eigenvalue weighted by Gasteiger charge is 2.07. The Hall–Kier alpha value is -2.09. The maximum absolute atomic E-state index is 11.1. The Balaban J connectivity index is 2.96. The molecule has 1 heterocycles. The average molecular weight is 191 g/mol. The molecule has 1 N–H and O–H groups in total. The third-order valence-electron chi connectivity index (χ3n) is 1.50. The first kappa shape index (κ1) is 9.99. The van der Waals surface area contributed by atoms with Gasteiger partial charge in [-0.1, -0.05) is 0 Å². The molecule has 0 saturated heterocycles. The summed E-state index contributed by atoms with van der Waals surface area (Å²) in [5.41, 5.74) is 0.666. The number of likely N-dealkylation sites (N-methyl/N-ethyl adjacent to an activating group) is 1. The van der Waals surface area contributed by atoms with Crippen molar-refractivity contribution < 1.29 is 9.21 Å². The van der Waals surface area contributed by atoms with Crippen LogP contribution >= 0.6 is 0 Å². The Labute approximate surface area is 81.0 Å². The molecule has 14 heavy (non-hydrogen) atoms. The molecule has 1 rings (SSSR count). The highest BCUT2D eigenvalue weighted by atomic mass is 16.3. The van der Waals surface area contributed by atoms with Crippen LogP contribution in [0.25, 0.3) is 6.08 Å². The first-order chi connectivity index (χ1) is 6.67. The molecule has 0 radical (unpaired) electrons. The maximum atomic E-state index is 11.1. The van der Waals surface area contributed by atoms with Crippen LogP contribution in [0.1, 0.15) is 11.6 Å². The van der Waals surface area contributed by atoms with Gasteiger partial charge in [0.05, 0.1) is 5.69 Å². The van der Waals surface area contributed by atoms with Crippen molar-refractivity contribution in [1.82, 2.24) is 10.3 Å². The number of carbonyl (C=O) groups is 1. The summed E-state index contributed by atoms with van der Waals surface area (Å²) < 4.78 is 4.97. The van der Waals surface area contributed by atoms with Gasteiger partial charge >= 0.3 is 0 Å². The number of oxazole rings is 1. The van der Waals surface area contributed by atoms with Crippen LogP contribution in [0.4, 0.5) is 0 Å². The molecule has 0 aliphatic carbocycles. The summed E-state index contributed by atoms with van der Waals surface area (Å²) >= 11 is 0. The molecule has 1 amide bonds. The molecule has 1 aromatic rings. The minimum atomic E-state index is -0.455. The Morgan fingerprint density at radius 3 is 2.93 bits per heavy atom. The van der Waals surface area contributed by atoms with Gasteiger partial charge in [0.25, 0.3) is 5.91 Å². The van der Waals surface area contributed by atoms with E-state index < -0.39 is 5.91 Å². The van der Waals surface area contributed by atoms with E-state index in [4.69, 9.17) is 9.68 Å². The summed E-state index contributed by atoms with van der Waals surface area (Å²) in [7, 11) is 1.45. The molecule has 5 heteroatoms. The van der Waals surface area contributed by atoms with Crippen LogP contribution in [-0.4, -0.2) is 17.9 Å². The molecule has 1 aromatic heterocycles. The van der Waals surface area contributed by atoms with Gasteiger partial charge in [0.2, 0.25) is 5.89 Å². The molecule has 0 unspecified atom stereocenters. The van der Waals surface area contributed by atoms with Crippen molar-refractivity contribution in [2.45, 2.75) is 6.92 Å². The summed E-state index contributed by atoms with van der Waals surface area (Å²) in [6.07, 6.45) is 2.75. The molecule has 0 aliphatic heterocycles. The van der Waals surface area contributed by atoms with Gasteiger partial charge in [-0.05, 0) is 6.92 Å². The van der Waals surface area contributed by atoms with Crippen LogP contribution in [0.5, 0.6) is 0 Å². The third-order valence-corrected chi connectivity index (χ3v) is 1.50. The lowest BCUT2D eigenvalue weighted by atomic mass is 10.2. The molecular weight excluding hydrogens is 182 g/mol. The van der Waals surface area contributed by atoms with E-state index in [-0.39, 0.29) is 11.5 Å². The van der Waals surface area contributed by atoms with Gasteiger partial charge in [-0.15, -0.1) is 0 Å². The zero-order chi connectivity index (χ0) is 10.6. The predicted molar refractivity (Wildman–Crippen MR) is 48.9 cm³/mol. The molecule has 0 aliphatic rings. The van der Waals surface area contributed by atoms with Gasteiger partial charge in [-0.2, -0.15) is 5.26 Å². The number of carbonyl (C=O) groups excluding carboxylic acids is 1. The molecule has 72 valence electrons. The Bertz CT molecular complexity index is 412. The number of nitrogens with one attached hydrogen (secondary N) is 1. The second-order valence-corrected chi connectivity index (χ2v) is 2.58. The SMILES string of the molecule is CNC(=O)/C(C#N)=C/c1nc(C)co1. The fraction of sp³-hybridized carbons (Fsp3) is 0.222. The predicted octanol–water partition coefficient (Wildman–Crippen LogP) is 0.636. The van der Waals surface area contributed by atoms with E-state index in [0.717, 1.165) is 0 Å². The Kier molecular flexibility index (Phi) is 3.02. The number of nitriles is 1. The van der Waals surface area contributed by atoms with Crippen molar-refractivity contribution in [2.24, 2.45) is 0 Å². The fourth-order valence-electron chi connectivity index (χ4n) is 0.845. The molecule has 0 saturated carbocycles. The van der Waals surface area contributed by atoms with E-state index in [0.29, 0.717) is 5.69 Å². The van der Waals surface area contributed by atoms with Crippen molar-refractivity contribution in [3.63, 3.8) is 0 Å². The van der Waals surface area contributed by atoms with E-state index >= 15 is 0 Å². The van der Waals surface area contributed by atoms with Crippen molar-refractivity contribution in [2.75, 3.05) is 7.05 Å². The number of hydrogen-bond acceptors (Lipinski definition) is 4. The largest absolute Gasteiger partial charge is 0.445 e. The highest BCUT2D eigenvalue weighted by molar-refractivity contribution is 6.01. The minimum Gasteiger partial charge on any atom is -0.445 e. The van der Waals surface area contributed by atoms with E-state index in [2.05, 4.69) is 10.3 Å². The van der Waals surface area contributed by atoms with Crippen LogP contribution in [-0.2, 0) is 4.79 Å². The lowest BCUT2D eigenvalue weighted by molar-refractivity contribution is -0.116. The topological polar surface area (TPSA) is 78.9 Å². The van der Waals surface area contributed by atoms with E-state index in [1.807, 2.05) is 0 Å². The lowest BCUT2D eigenvalue weighted by Gasteiger charge is -1.93. The van der Waals surface area contributed by atoms with Crippen molar-refractivity contribution in [3.05, 3.63) is 23.4 Å². The molecule has 0 spiro atoms. The van der Waals surface area contributed by atoms with Gasteiger partial charge in [0, 0.05) is 13.1 Å². The van der Waals surface area contributed by atoms with Gasteiger partial charge in [-0.25, -0.2) is 4.98 Å². The molecule has 0 atom stereocenters. The number of aryl methyl sites for hydroxylation is 1. The zero-order valence-electron chi connectivity index (χ0n) is 7.87. The molecule has 0 bridgehead atoms. The number of nitrogens with zero attached hydrogens (tertiary/aromatic N) is 2. The number of aromatic nitrogens is 1. The van der Waals surface area contributed by atoms with E-state index in [9.17, 15) is 4.79 Å². The first-order valence-corrected chi connectivity index (χ1v) is 3.93. The van der Waals surface area contributed by atoms with Gasteiger partial charge in [0.1, 0.15) is 17.9 Å². The first-order valence-electron chi connectivity index (χ1n) is 3.93. The smallest absolute Gasteiger partial charge is 0.261 e. The summed E-state index contributed by atoms with van der Waals surface area (Å²) in [4.78, 5) is 15.0. The standard InChI is InChI=1S/C9H9N3O2/c1-6-5-14-8(12-6)3-7(4-10)9(13)11-2/h3,5H,1-2H3,(H,11,13)/b7-3+. The molecule has 0 aromatic carbocycles. The van der Waals surface area contributed by atoms with Gasteiger partial charge in [0.15, 0.2) is 0 Å². The summed E-state index contributed by atoms with van der Waals surface area (Å²) in [6.45, 7) is 1.76. The summed E-state index contributed by atoms with van der Waals surface area (Å²) in [6, 6.07) is 1.76. The summed E-state index contributed by atoms with van der Waals surface area (Å²) in [5, 5.41) is 11.0. The van der Waals surface area contributed by atoms with E-state index in [1.165, 1.54) is 19.4 Å². The van der Waals surface area contributed by atoms with Crippen molar-refractivity contribution in [3.8, 4) is 6.07 Å². The average Bonchev–Trinajstić information content (AvgIpc) is 2.59. The van der Waals surface area contributed by atoms with Crippen LogP contribution in [0.2, 0.25) is 0 Å². The van der Waals surface area contributed by atoms with Gasteiger partial charge < -0.3 is 9.73 Å². The van der Waals surface area contributed by atoms with E-state index in [1.54, 1.807) is 13.0 Å². The fourth-order valence-corrected chi connectivity index (χ4v) is 0.845. The number of rotatable bonds is 2. The van der Waals surface area contributed by atoms with Crippen LogP contribution in [0.15, 0.2) is 16.3 Å². The molecule has 5 nitrogen and oxygen atoms in total.